The number of nitrogens with one attached hydrogen (secondary N) is 1. The zero-order chi connectivity index (χ0) is 35.6. The second kappa shape index (κ2) is 16.6. The van der Waals surface area contributed by atoms with E-state index in [4.69, 9.17) is 48.3 Å². The molecule has 1 aliphatic rings. The second-order valence-electron chi connectivity index (χ2n) is 12.0. The third kappa shape index (κ3) is 8.36. The number of hydrogen-bond donors (Lipinski definition) is 2. The minimum Gasteiger partial charge on any atom is -0.494 e. The third-order valence-corrected chi connectivity index (χ3v) is 9.41. The zero-order valence-corrected chi connectivity index (χ0v) is 29.1. The summed E-state index contributed by atoms with van der Waals surface area (Å²) in [5, 5.41) is 16.9. The van der Waals surface area contributed by atoms with Gasteiger partial charge in [0, 0.05) is 36.5 Å². The number of aliphatic imine (C=N–C) groups is 1. The number of halogens is 2. The van der Waals surface area contributed by atoms with Crippen LogP contribution in [0.4, 0.5) is 0 Å². The van der Waals surface area contributed by atoms with Crippen molar-refractivity contribution in [3.8, 4) is 16.9 Å². The summed E-state index contributed by atoms with van der Waals surface area (Å²) in [4.78, 5) is 22.9. The molecule has 0 saturated heterocycles. The van der Waals surface area contributed by atoms with Crippen LogP contribution in [0.25, 0.3) is 21.6 Å². The molecular weight excluding hydrogens is 685 g/mol. The Balaban J connectivity index is 1.44. The van der Waals surface area contributed by atoms with E-state index in [0.717, 1.165) is 33.4 Å². The maximum atomic E-state index is 14.8. The molecule has 0 spiro atoms. The van der Waals surface area contributed by atoms with E-state index in [1.165, 1.54) is 0 Å². The lowest BCUT2D eigenvalue weighted by Crippen LogP contribution is -2.49. The highest BCUT2D eigenvalue weighted by Gasteiger charge is 2.53. The van der Waals surface area contributed by atoms with E-state index in [0.29, 0.717) is 40.3 Å². The van der Waals surface area contributed by atoms with Gasteiger partial charge in [-0.25, -0.2) is 4.99 Å². The van der Waals surface area contributed by atoms with Gasteiger partial charge in [-0.05, 0) is 75.3 Å². The molecule has 2 atom stereocenters. The molecule has 6 rings (SSSR count). The van der Waals surface area contributed by atoms with Crippen molar-refractivity contribution in [1.82, 2.24) is 5.32 Å². The maximum Gasteiger partial charge on any atom is 0.252 e. The number of nitrogens with zero attached hydrogens (tertiary/aromatic N) is 4. The molecule has 9 nitrogen and oxygen atoms in total. The highest BCUT2D eigenvalue weighted by Crippen LogP contribution is 2.43. The van der Waals surface area contributed by atoms with Gasteiger partial charge in [0.15, 0.2) is 11.6 Å². The molecule has 0 aliphatic carbocycles. The molecule has 1 heterocycles. The Bertz CT molecular complexity index is 2050. The van der Waals surface area contributed by atoms with E-state index in [1.807, 2.05) is 103 Å². The van der Waals surface area contributed by atoms with E-state index in [1.54, 1.807) is 18.2 Å². The summed E-state index contributed by atoms with van der Waals surface area (Å²) in [7, 11) is 0. The topological polar surface area (TPSA) is 129 Å². The largest absolute Gasteiger partial charge is 0.494 e. The maximum absolute atomic E-state index is 14.8. The number of benzene rings is 5. The lowest BCUT2D eigenvalue weighted by atomic mass is 9.80. The molecule has 258 valence electrons. The molecule has 0 fully saturated rings. The van der Waals surface area contributed by atoms with Crippen molar-refractivity contribution in [2.75, 3.05) is 13.2 Å². The third-order valence-electron chi connectivity index (χ3n) is 8.67. The Morgan fingerprint density at radius 1 is 0.882 bits per heavy atom. The van der Waals surface area contributed by atoms with Crippen LogP contribution in [0.3, 0.4) is 0 Å². The van der Waals surface area contributed by atoms with Crippen LogP contribution < -0.4 is 10.1 Å². The normalized spacial score (nSPS) is 16.5. The van der Waals surface area contributed by atoms with Gasteiger partial charge in [0.2, 0.25) is 5.90 Å². The molecule has 1 amide bonds. The number of ether oxygens (including phenoxy) is 2. The summed E-state index contributed by atoms with van der Waals surface area (Å²) in [6.45, 7) is 0.699. The summed E-state index contributed by atoms with van der Waals surface area (Å²) >= 11 is 12.5. The molecule has 0 aromatic heterocycles. The van der Waals surface area contributed by atoms with Gasteiger partial charge in [-0.2, -0.15) is 0 Å². The average molecular weight is 721 g/mol. The average Bonchev–Trinajstić information content (AvgIpc) is 3.56. The molecule has 0 saturated carbocycles. The highest BCUT2D eigenvalue weighted by atomic mass is 35.5. The van der Waals surface area contributed by atoms with Gasteiger partial charge in [0.1, 0.15) is 5.75 Å². The van der Waals surface area contributed by atoms with Crippen LogP contribution in [0.5, 0.6) is 5.75 Å². The number of amides is 1. The van der Waals surface area contributed by atoms with Crippen molar-refractivity contribution in [2.45, 2.75) is 37.6 Å². The van der Waals surface area contributed by atoms with Crippen molar-refractivity contribution in [3.05, 3.63) is 170 Å². The monoisotopic (exact) mass is 719 g/mol. The van der Waals surface area contributed by atoms with E-state index in [2.05, 4.69) is 15.3 Å². The number of rotatable bonds is 14. The molecule has 51 heavy (non-hydrogen) atoms. The smallest absolute Gasteiger partial charge is 0.252 e. The summed E-state index contributed by atoms with van der Waals surface area (Å²) in [5.74, 6) is 0.575. The summed E-state index contributed by atoms with van der Waals surface area (Å²) in [6.07, 6.45) is -0.170. The standard InChI is InChI=1S/C40H35Cl2N5O4/c41-35-20-11-27(23-36(35)42)25-44-39(49)40(24-32-9-4-5-10-33(32)26-45-47-43)37(30-14-12-29(13-15-30)28-7-2-1-3-8-28)51-38(46-40)31-16-18-34(19-17-31)50-22-6-21-48/h1-5,7-20,23,37,48H,6,21-22,24-26H2,(H,44,49)/t37-,40-/m1/s1. The lowest BCUT2D eigenvalue weighted by Gasteiger charge is -2.31. The van der Waals surface area contributed by atoms with Gasteiger partial charge in [-0.15, -0.1) is 0 Å². The van der Waals surface area contributed by atoms with Crippen LogP contribution in [0.15, 0.2) is 131 Å². The van der Waals surface area contributed by atoms with Crippen molar-refractivity contribution in [3.63, 3.8) is 0 Å². The fourth-order valence-corrected chi connectivity index (χ4v) is 6.35. The Morgan fingerprint density at radius 2 is 1.57 bits per heavy atom. The predicted octanol–water partition coefficient (Wildman–Crippen LogP) is 9.05. The molecule has 5 aromatic carbocycles. The predicted molar refractivity (Wildman–Crippen MR) is 200 cm³/mol. The first-order valence-electron chi connectivity index (χ1n) is 16.5. The van der Waals surface area contributed by atoms with Crippen LogP contribution in [0, 0.1) is 0 Å². The molecule has 5 aromatic rings. The highest BCUT2D eigenvalue weighted by molar-refractivity contribution is 6.42. The number of carbonyl (C=O) groups excluding carboxylic acids is 1. The van der Waals surface area contributed by atoms with Gasteiger partial charge in [-0.3, -0.25) is 4.79 Å². The van der Waals surface area contributed by atoms with Crippen LogP contribution >= 0.6 is 23.2 Å². The van der Waals surface area contributed by atoms with Crippen LogP contribution in [-0.2, 0) is 29.0 Å². The van der Waals surface area contributed by atoms with Gasteiger partial charge in [-0.1, -0.05) is 113 Å². The van der Waals surface area contributed by atoms with Crippen molar-refractivity contribution < 1.29 is 19.4 Å². The Kier molecular flexibility index (Phi) is 11.6. The minimum atomic E-state index is -1.48. The summed E-state index contributed by atoms with van der Waals surface area (Å²) in [6, 6.07) is 38.0. The molecule has 0 bridgehead atoms. The van der Waals surface area contributed by atoms with Crippen LogP contribution in [-0.4, -0.2) is 35.7 Å². The molecule has 11 heteroatoms. The molecular formula is C40H35Cl2N5O4. The second-order valence-corrected chi connectivity index (χ2v) is 12.9. The van der Waals surface area contributed by atoms with E-state index < -0.39 is 11.6 Å². The fourth-order valence-electron chi connectivity index (χ4n) is 6.03. The van der Waals surface area contributed by atoms with Crippen molar-refractivity contribution >= 4 is 35.0 Å². The first-order valence-corrected chi connectivity index (χ1v) is 17.2. The quantitative estimate of drug-likeness (QED) is 0.0513. The van der Waals surface area contributed by atoms with Gasteiger partial charge in [0.25, 0.3) is 5.91 Å². The number of aliphatic hydroxyl groups is 1. The number of hydrogen-bond acceptors (Lipinski definition) is 6. The molecule has 0 unspecified atom stereocenters. The first kappa shape index (κ1) is 35.5. The number of azide groups is 1. The Labute approximate surface area is 306 Å². The number of aliphatic hydroxyl groups excluding tert-OH is 1. The van der Waals surface area contributed by atoms with Crippen molar-refractivity contribution in [1.29, 1.82) is 0 Å². The summed E-state index contributed by atoms with van der Waals surface area (Å²) in [5.41, 5.74) is 13.5. The molecule has 2 N–H and O–H groups in total. The fraction of sp³-hybridized carbons (Fsp3) is 0.200. The SMILES string of the molecule is [N-]=[N+]=NCc1ccccc1C[C@@]1(C(=O)NCc2ccc(Cl)c(Cl)c2)N=C(c2ccc(OCCCO)cc2)O[C@@H]1c1ccc(-c2ccccc2)cc1. The van der Waals surface area contributed by atoms with Gasteiger partial charge in [0.05, 0.1) is 23.2 Å². The van der Waals surface area contributed by atoms with E-state index in [-0.39, 0.29) is 32.0 Å². The van der Waals surface area contributed by atoms with Crippen LogP contribution in [0.1, 0.15) is 40.3 Å². The zero-order valence-electron chi connectivity index (χ0n) is 27.6. The molecule has 1 aliphatic heterocycles. The number of carbonyl (C=O) groups is 1. The van der Waals surface area contributed by atoms with Crippen LogP contribution in [0.2, 0.25) is 10.0 Å². The Hall–Kier alpha value is -5.31. The van der Waals surface area contributed by atoms with E-state index >= 15 is 0 Å². The first-order chi connectivity index (χ1) is 24.9. The van der Waals surface area contributed by atoms with E-state index in [9.17, 15) is 4.79 Å². The molecule has 0 radical (unpaired) electrons. The Morgan fingerprint density at radius 3 is 2.27 bits per heavy atom. The minimum absolute atomic E-state index is 0.0393. The van der Waals surface area contributed by atoms with Gasteiger partial charge >= 0.3 is 0 Å². The summed E-state index contributed by atoms with van der Waals surface area (Å²) < 4.78 is 12.5. The lowest BCUT2D eigenvalue weighted by molar-refractivity contribution is -0.129. The van der Waals surface area contributed by atoms with Crippen molar-refractivity contribution in [2.24, 2.45) is 10.1 Å². The van der Waals surface area contributed by atoms with Gasteiger partial charge < -0.3 is 19.9 Å².